The van der Waals surface area contributed by atoms with Crippen LogP contribution in [0.1, 0.15) is 43.4 Å². The highest BCUT2D eigenvalue weighted by atomic mass is 19.1. The number of carbonyl (C=O) groups is 1. The third-order valence-corrected chi connectivity index (χ3v) is 5.74. The summed E-state index contributed by atoms with van der Waals surface area (Å²) in [6.45, 7) is 4.56. The van der Waals surface area contributed by atoms with Crippen molar-refractivity contribution >= 4 is 5.91 Å². The van der Waals surface area contributed by atoms with E-state index >= 15 is 0 Å². The number of benzene rings is 2. The van der Waals surface area contributed by atoms with Gasteiger partial charge in [0.1, 0.15) is 24.8 Å². The zero-order chi connectivity index (χ0) is 26.1. The van der Waals surface area contributed by atoms with Crippen LogP contribution >= 0.6 is 0 Å². The predicted molar refractivity (Wildman–Crippen MR) is 132 cm³/mol. The van der Waals surface area contributed by atoms with Crippen molar-refractivity contribution in [2.75, 3.05) is 13.3 Å². The fraction of sp³-hybridized carbons (Fsp3) is 0.321. The second-order valence-electron chi connectivity index (χ2n) is 8.92. The van der Waals surface area contributed by atoms with E-state index in [-0.39, 0.29) is 30.4 Å². The second-order valence-corrected chi connectivity index (χ2v) is 8.92. The van der Waals surface area contributed by atoms with E-state index in [1.54, 1.807) is 32.0 Å². The minimum atomic E-state index is -1.27. The molecule has 36 heavy (non-hydrogen) atoms. The minimum Gasteiger partial charge on any atom is -0.491 e. The number of nitrogens with zero attached hydrogens (tertiary/aromatic N) is 2. The first kappa shape index (κ1) is 26.6. The van der Waals surface area contributed by atoms with Crippen LogP contribution in [0.3, 0.4) is 0 Å². The molecule has 0 radical (unpaired) electrons. The van der Waals surface area contributed by atoms with Crippen LogP contribution in [0.15, 0.2) is 66.9 Å². The van der Waals surface area contributed by atoms with Crippen molar-refractivity contribution in [2.24, 2.45) is 0 Å². The average Bonchev–Trinajstić information content (AvgIpc) is 2.87. The molecule has 0 aliphatic carbocycles. The van der Waals surface area contributed by atoms with Crippen LogP contribution in [0.25, 0.3) is 0 Å². The lowest BCUT2D eigenvalue weighted by Gasteiger charge is -2.30. The van der Waals surface area contributed by atoms with Crippen molar-refractivity contribution in [1.29, 1.82) is 5.26 Å². The average molecular weight is 494 g/mol. The van der Waals surface area contributed by atoms with Crippen LogP contribution in [0.2, 0.25) is 0 Å². The molecule has 0 aliphatic heterocycles. The highest BCUT2D eigenvalue weighted by Crippen LogP contribution is 2.27. The van der Waals surface area contributed by atoms with E-state index in [1.807, 2.05) is 37.3 Å². The molecule has 3 rings (SSSR count). The van der Waals surface area contributed by atoms with E-state index in [2.05, 4.69) is 16.4 Å². The third kappa shape index (κ3) is 7.25. The van der Waals surface area contributed by atoms with Crippen molar-refractivity contribution in [3.05, 3.63) is 89.4 Å². The fourth-order valence-electron chi connectivity index (χ4n) is 3.77. The molecule has 188 valence electrons. The van der Waals surface area contributed by atoms with Crippen molar-refractivity contribution in [1.82, 2.24) is 10.3 Å². The van der Waals surface area contributed by atoms with E-state index < -0.39 is 18.1 Å². The number of carbonyl (C=O) groups excluding carboxylic acids is 1. The Hall–Kier alpha value is -3.99. The molecule has 1 aromatic heterocycles. The maximum absolute atomic E-state index is 13.2. The number of hydrogen-bond donors (Lipinski definition) is 1. The van der Waals surface area contributed by atoms with Gasteiger partial charge >= 0.3 is 0 Å². The molecule has 6 nitrogen and oxygen atoms in total. The SMILES string of the molecule is CC(NC(=O)C(C)(C)Oc1ccc(F)cn1)C(Cc1ccc(OCCF)cc1)c1cccc(C#N)c1. The van der Waals surface area contributed by atoms with E-state index in [4.69, 9.17) is 9.47 Å². The standard InChI is InChI=1S/C28H29F2N3O3/c1-19(33-27(34)28(2,3)36-26-12-9-23(30)18-32-26)25(22-6-4-5-21(15-22)17-31)16-20-7-10-24(11-8-20)35-14-13-29/h4-12,15,18-19,25H,13-14,16H2,1-3H3,(H,33,34). The van der Waals surface area contributed by atoms with Gasteiger partial charge in [-0.3, -0.25) is 4.79 Å². The number of pyridine rings is 1. The first-order valence-electron chi connectivity index (χ1n) is 11.6. The van der Waals surface area contributed by atoms with Crippen molar-refractivity contribution in [3.63, 3.8) is 0 Å². The lowest BCUT2D eigenvalue weighted by atomic mass is 9.85. The Kier molecular flexibility index (Phi) is 8.96. The highest BCUT2D eigenvalue weighted by Gasteiger charge is 2.33. The molecule has 2 atom stereocenters. The van der Waals surface area contributed by atoms with Crippen LogP contribution < -0.4 is 14.8 Å². The third-order valence-electron chi connectivity index (χ3n) is 5.74. The number of nitrogens with one attached hydrogen (secondary N) is 1. The first-order valence-corrected chi connectivity index (χ1v) is 11.6. The molecule has 0 aliphatic rings. The van der Waals surface area contributed by atoms with Crippen LogP contribution in [0.4, 0.5) is 8.78 Å². The first-order chi connectivity index (χ1) is 17.2. The molecule has 2 aromatic carbocycles. The molecule has 1 N–H and O–H groups in total. The van der Waals surface area contributed by atoms with Crippen LogP contribution in [-0.4, -0.2) is 35.8 Å². The van der Waals surface area contributed by atoms with Gasteiger partial charge in [0, 0.05) is 18.0 Å². The monoisotopic (exact) mass is 493 g/mol. The zero-order valence-corrected chi connectivity index (χ0v) is 20.5. The van der Waals surface area contributed by atoms with E-state index in [9.17, 15) is 18.8 Å². The van der Waals surface area contributed by atoms with E-state index in [0.717, 1.165) is 17.3 Å². The van der Waals surface area contributed by atoms with Gasteiger partial charge in [0.05, 0.1) is 17.8 Å². The summed E-state index contributed by atoms with van der Waals surface area (Å²) in [5, 5.41) is 12.4. The van der Waals surface area contributed by atoms with Crippen molar-refractivity contribution < 1.29 is 23.0 Å². The van der Waals surface area contributed by atoms with Gasteiger partial charge < -0.3 is 14.8 Å². The molecule has 0 bridgehead atoms. The zero-order valence-electron chi connectivity index (χ0n) is 20.5. The summed E-state index contributed by atoms with van der Waals surface area (Å²) in [4.78, 5) is 17.0. The molecule has 0 saturated carbocycles. The smallest absolute Gasteiger partial charge is 0.263 e. The Balaban J connectivity index is 1.79. The summed E-state index contributed by atoms with van der Waals surface area (Å²) >= 11 is 0. The van der Waals surface area contributed by atoms with Gasteiger partial charge in [-0.15, -0.1) is 0 Å². The van der Waals surface area contributed by atoms with Gasteiger partial charge in [-0.2, -0.15) is 5.26 Å². The molecule has 0 spiro atoms. The predicted octanol–water partition coefficient (Wildman–Crippen LogP) is 5.13. The van der Waals surface area contributed by atoms with Crippen LogP contribution in [-0.2, 0) is 11.2 Å². The molecule has 3 aromatic rings. The molecule has 0 fully saturated rings. The Morgan fingerprint density at radius 3 is 2.56 bits per heavy atom. The maximum Gasteiger partial charge on any atom is 0.263 e. The summed E-state index contributed by atoms with van der Waals surface area (Å²) in [6, 6.07) is 19.1. The normalized spacial score (nSPS) is 12.8. The van der Waals surface area contributed by atoms with Crippen molar-refractivity contribution in [2.45, 2.75) is 44.8 Å². The molecule has 8 heteroatoms. The molecular weight excluding hydrogens is 464 g/mol. The van der Waals surface area contributed by atoms with Crippen LogP contribution in [0.5, 0.6) is 11.6 Å². The Bertz CT molecular complexity index is 1190. The maximum atomic E-state index is 13.2. The van der Waals surface area contributed by atoms with Gasteiger partial charge in [0.2, 0.25) is 5.88 Å². The summed E-state index contributed by atoms with van der Waals surface area (Å²) in [5.74, 6) is -0.313. The number of amides is 1. The number of rotatable bonds is 11. The van der Waals surface area contributed by atoms with Gasteiger partial charge in [0.25, 0.3) is 5.91 Å². The number of halogens is 2. The van der Waals surface area contributed by atoms with Gasteiger partial charge in [-0.25, -0.2) is 13.8 Å². The Morgan fingerprint density at radius 2 is 1.92 bits per heavy atom. The lowest BCUT2D eigenvalue weighted by Crippen LogP contribution is -2.51. The summed E-state index contributed by atoms with van der Waals surface area (Å²) < 4.78 is 36.6. The largest absolute Gasteiger partial charge is 0.491 e. The van der Waals surface area contributed by atoms with Crippen molar-refractivity contribution in [3.8, 4) is 17.7 Å². The quantitative estimate of drug-likeness (QED) is 0.400. The molecule has 2 unspecified atom stereocenters. The Labute approximate surface area is 209 Å². The minimum absolute atomic E-state index is 0.00269. The molecule has 0 saturated heterocycles. The van der Waals surface area contributed by atoms with Gasteiger partial charge in [-0.05, 0) is 68.7 Å². The Morgan fingerprint density at radius 1 is 1.17 bits per heavy atom. The number of ether oxygens (including phenoxy) is 2. The summed E-state index contributed by atoms with van der Waals surface area (Å²) in [7, 11) is 0. The van der Waals surface area contributed by atoms with Gasteiger partial charge in [-0.1, -0.05) is 24.3 Å². The number of hydrogen-bond acceptors (Lipinski definition) is 5. The molecular formula is C28H29F2N3O3. The molecule has 1 heterocycles. The fourth-order valence-corrected chi connectivity index (χ4v) is 3.77. The topological polar surface area (TPSA) is 84.2 Å². The second kappa shape index (κ2) is 12.1. The number of aromatic nitrogens is 1. The number of alkyl halides is 1. The summed E-state index contributed by atoms with van der Waals surface area (Å²) in [5.41, 5.74) is 1.14. The highest BCUT2D eigenvalue weighted by molar-refractivity contribution is 5.85. The molecule has 1 amide bonds. The van der Waals surface area contributed by atoms with E-state index in [1.165, 1.54) is 12.1 Å². The van der Waals surface area contributed by atoms with Gasteiger partial charge in [0.15, 0.2) is 5.60 Å². The number of nitriles is 1. The van der Waals surface area contributed by atoms with E-state index in [0.29, 0.717) is 17.7 Å². The summed E-state index contributed by atoms with van der Waals surface area (Å²) in [6.07, 6.45) is 1.60. The van der Waals surface area contributed by atoms with Crippen LogP contribution in [0, 0.1) is 17.1 Å². The lowest BCUT2D eigenvalue weighted by molar-refractivity contribution is -0.135.